The van der Waals surface area contributed by atoms with E-state index in [1.807, 2.05) is 0 Å². The van der Waals surface area contributed by atoms with Crippen molar-refractivity contribution >= 4 is 0 Å². The standard InChI is InChI=1S/BrH.ClH.HI.NO3.4Zn/c;;;2-1(3)4;;;;/h3*1H;;;;;/q;;;-1;4*+2/p-3. The molecule has 0 spiro atoms. The van der Waals surface area contributed by atoms with Gasteiger partial charge in [-0.15, -0.1) is 0 Å². The topological polar surface area (TPSA) is 66.2 Å². The Morgan fingerprint density at radius 2 is 0.909 bits per heavy atom. The van der Waals surface area contributed by atoms with Crippen molar-refractivity contribution in [1.29, 1.82) is 0 Å². The molecule has 0 aromatic heterocycles. The molecule has 4 nitrogen and oxygen atoms in total. The summed E-state index contributed by atoms with van der Waals surface area (Å²) in [5.74, 6) is 0. The van der Waals surface area contributed by atoms with Crippen LogP contribution in [0.5, 0.6) is 0 Å². The molecule has 0 unspecified atom stereocenters. The average Bonchev–Trinajstić information content (AvgIpc) is 0.811. The normalized spacial score (nSPS) is 2.18. The summed E-state index contributed by atoms with van der Waals surface area (Å²) in [5, 5.41) is 14.8. The Kier molecular flexibility index (Phi) is 299. The van der Waals surface area contributed by atoms with Crippen molar-refractivity contribution in [2.24, 2.45) is 0 Å². The van der Waals surface area contributed by atoms with Crippen LogP contribution in [0.2, 0.25) is 0 Å². The fourth-order valence-corrected chi connectivity index (χ4v) is 0. The van der Waals surface area contributed by atoms with Gasteiger partial charge in [-0.25, -0.2) is 0 Å². The number of hydrogen-bond acceptors (Lipinski definition) is 3. The van der Waals surface area contributed by atoms with Gasteiger partial charge in [0.15, 0.2) is 0 Å². The molecule has 0 fully saturated rings. The monoisotopic (exact) mass is 558 g/mol. The molecule has 11 heteroatoms. The minimum absolute atomic E-state index is 0. The van der Waals surface area contributed by atoms with Gasteiger partial charge in [-0.1, -0.05) is 0 Å². The van der Waals surface area contributed by atoms with E-state index < -0.39 is 5.09 Å². The van der Waals surface area contributed by atoms with Gasteiger partial charge in [0.1, 0.15) is 0 Å². The zero-order chi connectivity index (χ0) is 3.58. The van der Waals surface area contributed by atoms with Crippen molar-refractivity contribution in [2.45, 2.75) is 0 Å². The van der Waals surface area contributed by atoms with Gasteiger partial charge in [0, 0.05) is 0 Å². The molecule has 0 amide bonds. The second-order valence-electron chi connectivity index (χ2n) is 0.224. The Morgan fingerprint density at radius 3 is 0.909 bits per heavy atom. The molecule has 11 heavy (non-hydrogen) atoms. The van der Waals surface area contributed by atoms with Crippen LogP contribution in [0.25, 0.3) is 0 Å². The van der Waals surface area contributed by atoms with E-state index in [2.05, 4.69) is 0 Å². The third-order valence-electron chi connectivity index (χ3n) is 0. The fraction of sp³-hybridized carbons (Fsp3) is 0. The van der Waals surface area contributed by atoms with E-state index in [0.717, 1.165) is 0 Å². The van der Waals surface area contributed by atoms with E-state index in [9.17, 15) is 0 Å². The molecule has 0 aromatic carbocycles. The van der Waals surface area contributed by atoms with Crippen molar-refractivity contribution in [2.75, 3.05) is 0 Å². The zero-order valence-corrected chi connectivity index (χ0v) is 22.0. The van der Waals surface area contributed by atoms with E-state index >= 15 is 0 Å². The molecule has 0 heterocycles. The summed E-state index contributed by atoms with van der Waals surface area (Å²) in [4.78, 5) is 8.25. The van der Waals surface area contributed by atoms with Crippen LogP contribution in [0.1, 0.15) is 0 Å². The van der Waals surface area contributed by atoms with Crippen LogP contribution in [0, 0.1) is 15.3 Å². The molecule has 0 rings (SSSR count). The summed E-state index contributed by atoms with van der Waals surface area (Å²) in [6.45, 7) is 0. The summed E-state index contributed by atoms with van der Waals surface area (Å²) in [7, 11) is 0. The van der Waals surface area contributed by atoms with Crippen molar-refractivity contribution in [1.82, 2.24) is 0 Å². The minimum atomic E-state index is -1.75. The average molecular weight is 566 g/mol. The smallest absolute Gasteiger partial charge is 1.00 e. The summed E-state index contributed by atoms with van der Waals surface area (Å²) in [6.07, 6.45) is 0. The van der Waals surface area contributed by atoms with Crippen molar-refractivity contribution in [3.8, 4) is 0 Å². The van der Waals surface area contributed by atoms with Crippen LogP contribution >= 0.6 is 0 Å². The third kappa shape index (κ3) is 162. The molecule has 0 saturated heterocycles. The van der Waals surface area contributed by atoms with E-state index in [-0.39, 0.29) is 131 Å². The molecule has 0 aliphatic heterocycles. The predicted octanol–water partition coefficient (Wildman–Crippen LogP) is -9.24. The van der Waals surface area contributed by atoms with Crippen LogP contribution < -0.4 is 53.4 Å². The minimum Gasteiger partial charge on any atom is -1.00 e. The maximum Gasteiger partial charge on any atom is 2.00 e. The maximum absolute atomic E-state index is 8.25. The van der Waals surface area contributed by atoms with Crippen LogP contribution in [0.15, 0.2) is 0 Å². The van der Waals surface area contributed by atoms with Crippen LogP contribution in [-0.4, -0.2) is 5.09 Å². The van der Waals surface area contributed by atoms with E-state index in [1.165, 1.54) is 0 Å². The summed E-state index contributed by atoms with van der Waals surface area (Å²) >= 11 is 0. The summed E-state index contributed by atoms with van der Waals surface area (Å²) in [5.41, 5.74) is 0. The van der Waals surface area contributed by atoms with Gasteiger partial charge >= 0.3 is 77.9 Å². The van der Waals surface area contributed by atoms with Crippen molar-refractivity contribution in [3.63, 3.8) is 0 Å². The van der Waals surface area contributed by atoms with Crippen LogP contribution in [0.4, 0.5) is 0 Å². The molecule has 0 N–H and O–H groups in total. The van der Waals surface area contributed by atoms with Gasteiger partial charge in [0.05, 0.1) is 5.09 Å². The summed E-state index contributed by atoms with van der Waals surface area (Å²) in [6, 6.07) is 0. The first-order valence-electron chi connectivity index (χ1n) is 0.548. The first kappa shape index (κ1) is 64.4. The van der Waals surface area contributed by atoms with Crippen LogP contribution in [0.3, 0.4) is 0 Å². The van der Waals surface area contributed by atoms with Gasteiger partial charge in [-0.05, 0) is 0 Å². The number of nitrogens with zero attached hydrogens (tertiary/aromatic N) is 1. The van der Waals surface area contributed by atoms with Gasteiger partial charge in [-0.3, -0.25) is 0 Å². The molecular formula is BrClINO3Zn4+4. The first-order valence-corrected chi connectivity index (χ1v) is 0.548. The summed E-state index contributed by atoms with van der Waals surface area (Å²) < 4.78 is 0. The van der Waals surface area contributed by atoms with Gasteiger partial charge in [0.25, 0.3) is 0 Å². The van der Waals surface area contributed by atoms with E-state index in [4.69, 9.17) is 15.3 Å². The molecule has 48 valence electrons. The second-order valence-corrected chi connectivity index (χ2v) is 0.224. The maximum atomic E-state index is 8.25. The van der Waals surface area contributed by atoms with Crippen LogP contribution in [-0.2, 0) is 77.9 Å². The third-order valence-corrected chi connectivity index (χ3v) is 0. The van der Waals surface area contributed by atoms with Crippen molar-refractivity contribution in [3.05, 3.63) is 15.3 Å². The molecule has 0 aromatic rings. The first-order chi connectivity index (χ1) is 1.73. The quantitative estimate of drug-likeness (QED) is 0.127. The zero-order valence-electron chi connectivity index (χ0n) is 5.63. The number of rotatable bonds is 0. The molecule has 0 aliphatic carbocycles. The molecule has 0 bridgehead atoms. The molecule has 0 saturated carbocycles. The molecule has 0 aliphatic rings. The molecule has 0 radical (unpaired) electrons. The molecular weight excluding hydrogens is 566 g/mol. The number of halogens is 3. The Hall–Kier alpha value is 3.19. The van der Waals surface area contributed by atoms with E-state index in [1.54, 1.807) is 0 Å². The fourth-order valence-electron chi connectivity index (χ4n) is 0. The van der Waals surface area contributed by atoms with Gasteiger partial charge in [-0.2, -0.15) is 0 Å². The van der Waals surface area contributed by atoms with Gasteiger partial charge < -0.3 is 68.7 Å². The van der Waals surface area contributed by atoms with Crippen molar-refractivity contribution < 1.29 is 136 Å². The van der Waals surface area contributed by atoms with Gasteiger partial charge in [0.2, 0.25) is 0 Å². The predicted molar refractivity (Wildman–Crippen MR) is 10.4 cm³/mol. The Bertz CT molecular complexity index is 48.3. The SMILES string of the molecule is O=[N+]([O-])[O-].[Br-].[Cl-].[I-].[Zn+2].[Zn+2].[Zn+2].[Zn+2]. The Morgan fingerprint density at radius 1 is 0.909 bits per heavy atom. The Labute approximate surface area is 149 Å². The molecule has 0 atom stereocenters. The second kappa shape index (κ2) is 51.1. The Balaban J connectivity index is -0.00000000214. The van der Waals surface area contributed by atoms with E-state index in [0.29, 0.717) is 0 Å². The largest absolute Gasteiger partial charge is 2.00 e. The number of hydrogen-bond donors (Lipinski definition) is 0.